The van der Waals surface area contributed by atoms with Gasteiger partial charge in [-0.25, -0.2) is 4.79 Å². The quantitative estimate of drug-likeness (QED) is 0.553. The molecule has 3 aromatic rings. The summed E-state index contributed by atoms with van der Waals surface area (Å²) in [5.74, 6) is 0.689. The van der Waals surface area contributed by atoms with Crippen molar-refractivity contribution in [2.75, 3.05) is 29.1 Å². The standard InChI is InChI=1S/C24H23N5O4/c1-15(30)29-12-10-16-3-4-18(13-22(16)29)28-24(32)27-17-5-7-19(8-6-17)33-20-9-11-26-21(14-20)23(31)25-2/h3-9,11,13-14H,10,12H2,1-2H3,(H,25,31)(H2,27,28,32). The third kappa shape index (κ3) is 5.09. The Morgan fingerprint density at radius 1 is 0.939 bits per heavy atom. The second-order valence-electron chi connectivity index (χ2n) is 7.43. The Bertz CT molecular complexity index is 1210. The van der Waals surface area contributed by atoms with E-state index >= 15 is 0 Å². The number of anilines is 3. The van der Waals surface area contributed by atoms with Crippen LogP contribution in [0.5, 0.6) is 11.5 Å². The van der Waals surface area contributed by atoms with E-state index in [4.69, 9.17) is 4.74 Å². The molecule has 0 radical (unpaired) electrons. The molecule has 0 aliphatic carbocycles. The molecule has 0 saturated heterocycles. The molecule has 0 bridgehead atoms. The van der Waals surface area contributed by atoms with E-state index in [0.29, 0.717) is 29.4 Å². The normalized spacial score (nSPS) is 12.0. The zero-order chi connectivity index (χ0) is 23.4. The van der Waals surface area contributed by atoms with Crippen LogP contribution in [0.1, 0.15) is 23.0 Å². The largest absolute Gasteiger partial charge is 0.457 e. The summed E-state index contributed by atoms with van der Waals surface area (Å²) in [6.07, 6.45) is 2.30. The van der Waals surface area contributed by atoms with Crippen molar-refractivity contribution in [1.82, 2.24) is 10.3 Å². The average molecular weight is 445 g/mol. The van der Waals surface area contributed by atoms with Gasteiger partial charge < -0.3 is 25.6 Å². The summed E-state index contributed by atoms with van der Waals surface area (Å²) in [6, 6.07) is 15.2. The van der Waals surface area contributed by atoms with Gasteiger partial charge in [-0.15, -0.1) is 0 Å². The molecule has 1 aromatic heterocycles. The molecule has 2 aromatic carbocycles. The summed E-state index contributed by atoms with van der Waals surface area (Å²) in [7, 11) is 1.53. The van der Waals surface area contributed by atoms with Gasteiger partial charge in [-0.1, -0.05) is 6.07 Å². The number of carbonyl (C=O) groups is 3. The highest BCUT2D eigenvalue weighted by Crippen LogP contribution is 2.31. The number of urea groups is 1. The highest BCUT2D eigenvalue weighted by Gasteiger charge is 2.22. The summed E-state index contributed by atoms with van der Waals surface area (Å²) in [6.45, 7) is 2.19. The molecule has 9 heteroatoms. The number of carbonyl (C=O) groups excluding carboxylic acids is 3. The van der Waals surface area contributed by atoms with Gasteiger partial charge in [0.05, 0.1) is 0 Å². The highest BCUT2D eigenvalue weighted by molar-refractivity contribution is 6.01. The van der Waals surface area contributed by atoms with Crippen LogP contribution in [0.3, 0.4) is 0 Å². The maximum absolute atomic E-state index is 12.4. The lowest BCUT2D eigenvalue weighted by Crippen LogP contribution is -2.26. The van der Waals surface area contributed by atoms with Crippen LogP contribution >= 0.6 is 0 Å². The van der Waals surface area contributed by atoms with Gasteiger partial charge in [0.1, 0.15) is 17.2 Å². The first-order valence-electron chi connectivity index (χ1n) is 10.4. The fourth-order valence-corrected chi connectivity index (χ4v) is 3.55. The molecule has 4 rings (SSSR count). The zero-order valence-corrected chi connectivity index (χ0v) is 18.2. The van der Waals surface area contributed by atoms with Crippen LogP contribution in [-0.2, 0) is 11.2 Å². The van der Waals surface area contributed by atoms with Gasteiger partial charge in [0.25, 0.3) is 5.91 Å². The molecular weight excluding hydrogens is 422 g/mol. The van der Waals surface area contributed by atoms with Crippen molar-refractivity contribution < 1.29 is 19.1 Å². The number of ether oxygens (including phenoxy) is 1. The maximum atomic E-state index is 12.4. The lowest BCUT2D eigenvalue weighted by atomic mass is 10.1. The molecule has 0 fully saturated rings. The predicted molar refractivity (Wildman–Crippen MR) is 125 cm³/mol. The molecule has 1 aliphatic heterocycles. The van der Waals surface area contributed by atoms with E-state index < -0.39 is 6.03 Å². The van der Waals surface area contributed by atoms with Crippen molar-refractivity contribution in [3.8, 4) is 11.5 Å². The van der Waals surface area contributed by atoms with Crippen LogP contribution in [0.25, 0.3) is 0 Å². The SMILES string of the molecule is CNC(=O)c1cc(Oc2ccc(NC(=O)Nc3ccc4c(c3)N(C(C)=O)CC4)cc2)ccn1. The monoisotopic (exact) mass is 445 g/mol. The van der Waals surface area contributed by atoms with Gasteiger partial charge in [0.15, 0.2) is 0 Å². The molecule has 0 saturated carbocycles. The maximum Gasteiger partial charge on any atom is 0.323 e. The second kappa shape index (κ2) is 9.39. The van der Waals surface area contributed by atoms with Crippen LogP contribution < -0.4 is 25.6 Å². The van der Waals surface area contributed by atoms with Gasteiger partial charge in [0, 0.05) is 49.8 Å². The lowest BCUT2D eigenvalue weighted by molar-refractivity contribution is -0.116. The number of fused-ring (bicyclic) bond motifs is 1. The van der Waals surface area contributed by atoms with E-state index in [1.807, 2.05) is 18.2 Å². The van der Waals surface area contributed by atoms with Crippen LogP contribution in [0.4, 0.5) is 21.9 Å². The predicted octanol–water partition coefficient (Wildman–Crippen LogP) is 3.79. The number of hydrogen-bond donors (Lipinski definition) is 3. The summed E-state index contributed by atoms with van der Waals surface area (Å²) >= 11 is 0. The number of amides is 4. The number of pyridine rings is 1. The summed E-state index contributed by atoms with van der Waals surface area (Å²) in [5.41, 5.74) is 3.35. The van der Waals surface area contributed by atoms with E-state index in [2.05, 4.69) is 20.9 Å². The minimum Gasteiger partial charge on any atom is -0.457 e. The van der Waals surface area contributed by atoms with Crippen LogP contribution in [0, 0.1) is 0 Å². The zero-order valence-electron chi connectivity index (χ0n) is 18.2. The number of hydrogen-bond acceptors (Lipinski definition) is 5. The van der Waals surface area contributed by atoms with Gasteiger partial charge in [-0.2, -0.15) is 0 Å². The third-order valence-electron chi connectivity index (χ3n) is 5.16. The van der Waals surface area contributed by atoms with Crippen LogP contribution in [-0.4, -0.2) is 36.4 Å². The van der Waals surface area contributed by atoms with Crippen LogP contribution in [0.2, 0.25) is 0 Å². The van der Waals surface area contributed by atoms with Crippen molar-refractivity contribution in [2.45, 2.75) is 13.3 Å². The number of nitrogens with one attached hydrogen (secondary N) is 3. The highest BCUT2D eigenvalue weighted by atomic mass is 16.5. The molecule has 33 heavy (non-hydrogen) atoms. The fraction of sp³-hybridized carbons (Fsp3) is 0.167. The topological polar surface area (TPSA) is 113 Å². The Morgan fingerprint density at radius 2 is 1.67 bits per heavy atom. The minimum absolute atomic E-state index is 0.0192. The van der Waals surface area contributed by atoms with E-state index in [0.717, 1.165) is 17.7 Å². The summed E-state index contributed by atoms with van der Waals surface area (Å²) in [4.78, 5) is 41.6. The minimum atomic E-state index is -0.402. The van der Waals surface area contributed by atoms with Crippen molar-refractivity contribution in [3.63, 3.8) is 0 Å². The summed E-state index contributed by atoms with van der Waals surface area (Å²) in [5, 5.41) is 8.07. The first-order chi connectivity index (χ1) is 15.9. The number of benzene rings is 2. The molecule has 0 unspecified atom stereocenters. The van der Waals surface area contributed by atoms with Gasteiger partial charge >= 0.3 is 6.03 Å². The Labute approximate surface area is 190 Å². The van der Waals surface area contributed by atoms with Crippen molar-refractivity contribution >= 4 is 34.9 Å². The molecule has 168 valence electrons. The first kappa shape index (κ1) is 21.8. The fourth-order valence-electron chi connectivity index (χ4n) is 3.55. The van der Waals surface area contributed by atoms with E-state index in [1.54, 1.807) is 41.3 Å². The van der Waals surface area contributed by atoms with E-state index in [-0.39, 0.29) is 17.5 Å². The Morgan fingerprint density at radius 3 is 2.39 bits per heavy atom. The molecule has 0 spiro atoms. The van der Waals surface area contributed by atoms with Gasteiger partial charge in [-0.05, 0) is 54.4 Å². The molecule has 3 N–H and O–H groups in total. The van der Waals surface area contributed by atoms with E-state index in [9.17, 15) is 14.4 Å². The number of rotatable bonds is 5. The Hall–Kier alpha value is -4.40. The third-order valence-corrected chi connectivity index (χ3v) is 5.16. The van der Waals surface area contributed by atoms with Crippen LogP contribution in [0.15, 0.2) is 60.8 Å². The molecule has 1 aliphatic rings. The van der Waals surface area contributed by atoms with Crippen molar-refractivity contribution in [2.24, 2.45) is 0 Å². The lowest BCUT2D eigenvalue weighted by Gasteiger charge is -2.16. The first-order valence-corrected chi connectivity index (χ1v) is 10.4. The smallest absolute Gasteiger partial charge is 0.323 e. The summed E-state index contributed by atoms with van der Waals surface area (Å²) < 4.78 is 5.76. The van der Waals surface area contributed by atoms with Crippen molar-refractivity contribution in [3.05, 3.63) is 72.1 Å². The Balaban J connectivity index is 1.37. The van der Waals surface area contributed by atoms with Gasteiger partial charge in [-0.3, -0.25) is 14.6 Å². The molecule has 4 amide bonds. The van der Waals surface area contributed by atoms with Gasteiger partial charge in [0.2, 0.25) is 5.91 Å². The second-order valence-corrected chi connectivity index (χ2v) is 7.43. The molecular formula is C24H23N5O4. The molecule has 0 atom stereocenters. The van der Waals surface area contributed by atoms with E-state index in [1.165, 1.54) is 20.2 Å². The number of nitrogens with zero attached hydrogens (tertiary/aromatic N) is 2. The van der Waals surface area contributed by atoms with Crippen molar-refractivity contribution in [1.29, 1.82) is 0 Å². The number of aromatic nitrogens is 1. The molecule has 9 nitrogen and oxygen atoms in total. The average Bonchev–Trinajstić information content (AvgIpc) is 3.23. The Kier molecular flexibility index (Phi) is 6.21. The molecule has 2 heterocycles.